The number of dihydropyridines is 1. The zero-order valence-corrected chi connectivity index (χ0v) is 10.7. The maximum absolute atomic E-state index is 3.84. The van der Waals surface area contributed by atoms with Crippen LogP contribution >= 0.6 is 0 Å². The first kappa shape index (κ1) is 9.85. The van der Waals surface area contributed by atoms with Crippen LogP contribution in [0.25, 0.3) is 0 Å². The molecule has 0 aromatic heterocycles. The third-order valence-corrected chi connectivity index (χ3v) is 5.69. The molecule has 3 aliphatic carbocycles. The predicted molar refractivity (Wildman–Crippen MR) is 71.9 cm³/mol. The molecule has 0 bridgehead atoms. The number of rotatable bonds is 0. The van der Waals surface area contributed by atoms with Crippen LogP contribution < -0.4 is 10.6 Å². The molecule has 0 aromatic rings. The molecule has 5 rings (SSSR count). The van der Waals surface area contributed by atoms with Crippen molar-refractivity contribution in [1.82, 2.24) is 10.6 Å². The van der Waals surface area contributed by atoms with E-state index in [9.17, 15) is 0 Å². The smallest absolute Gasteiger partial charge is 0.0513 e. The molecule has 2 heterocycles. The molecule has 5 aliphatic rings. The van der Waals surface area contributed by atoms with Crippen LogP contribution in [0, 0.1) is 11.8 Å². The molecule has 2 nitrogen and oxygen atoms in total. The van der Waals surface area contributed by atoms with Crippen LogP contribution in [0.4, 0.5) is 0 Å². The van der Waals surface area contributed by atoms with Crippen LogP contribution in [0.5, 0.6) is 0 Å². The minimum absolute atomic E-state index is 0.611. The summed E-state index contributed by atoms with van der Waals surface area (Å²) in [5, 5.41) is 7.48. The Kier molecular flexibility index (Phi) is 1.80. The molecule has 0 aromatic carbocycles. The maximum atomic E-state index is 3.84. The molecule has 2 N–H and O–H groups in total. The molecule has 4 unspecified atom stereocenters. The van der Waals surface area contributed by atoms with Crippen LogP contribution in [-0.4, -0.2) is 18.1 Å². The maximum Gasteiger partial charge on any atom is 0.0513 e. The molecule has 2 heteroatoms. The fourth-order valence-electron chi connectivity index (χ4n) is 4.70. The van der Waals surface area contributed by atoms with E-state index in [1.54, 1.807) is 11.3 Å². The van der Waals surface area contributed by atoms with Crippen LogP contribution in [0.2, 0.25) is 0 Å². The van der Waals surface area contributed by atoms with Crippen LogP contribution in [0.1, 0.15) is 32.1 Å². The molecular weight excluding hydrogens is 220 g/mol. The van der Waals surface area contributed by atoms with Gasteiger partial charge in [-0.2, -0.15) is 0 Å². The highest BCUT2D eigenvalue weighted by atomic mass is 15.2. The van der Waals surface area contributed by atoms with Crippen molar-refractivity contribution >= 4 is 0 Å². The van der Waals surface area contributed by atoms with Gasteiger partial charge in [-0.3, -0.25) is 0 Å². The summed E-state index contributed by atoms with van der Waals surface area (Å²) in [7, 11) is 0. The first-order chi connectivity index (χ1) is 8.88. The molecule has 94 valence electrons. The first-order valence-corrected chi connectivity index (χ1v) is 7.51. The van der Waals surface area contributed by atoms with Crippen molar-refractivity contribution in [3.63, 3.8) is 0 Å². The Hall–Kier alpha value is -1.02. The normalized spacial score (nSPS) is 47.6. The van der Waals surface area contributed by atoms with Gasteiger partial charge >= 0.3 is 0 Å². The lowest BCUT2D eigenvalue weighted by Gasteiger charge is -2.38. The highest BCUT2D eigenvalue weighted by Gasteiger charge is 2.54. The second-order valence-corrected chi connectivity index (χ2v) is 6.69. The molecule has 0 amide bonds. The predicted octanol–water partition coefficient (Wildman–Crippen LogP) is 2.26. The van der Waals surface area contributed by atoms with Gasteiger partial charge < -0.3 is 10.6 Å². The Morgan fingerprint density at radius 2 is 2.22 bits per heavy atom. The summed E-state index contributed by atoms with van der Waals surface area (Å²) in [6.07, 6.45) is 13.7. The van der Waals surface area contributed by atoms with E-state index in [1.165, 1.54) is 37.7 Å². The summed E-state index contributed by atoms with van der Waals surface area (Å²) >= 11 is 0. The summed E-state index contributed by atoms with van der Waals surface area (Å²) < 4.78 is 0. The second kappa shape index (κ2) is 3.30. The van der Waals surface area contributed by atoms with Crippen molar-refractivity contribution in [1.29, 1.82) is 0 Å². The van der Waals surface area contributed by atoms with Gasteiger partial charge in [-0.05, 0) is 55.1 Å². The van der Waals surface area contributed by atoms with Gasteiger partial charge in [-0.15, -0.1) is 0 Å². The quantitative estimate of drug-likeness (QED) is 0.637. The summed E-state index contributed by atoms with van der Waals surface area (Å²) in [6, 6.07) is 2.35. The Bertz CT molecular complexity index is 499. The number of piperidine rings is 1. The third kappa shape index (κ3) is 1.27. The largest absolute Gasteiger partial charge is 0.381 e. The summed E-state index contributed by atoms with van der Waals surface area (Å²) in [6.45, 7) is 0. The van der Waals surface area contributed by atoms with Gasteiger partial charge in [0.2, 0.25) is 0 Å². The van der Waals surface area contributed by atoms with E-state index >= 15 is 0 Å². The number of hydrogen-bond acceptors (Lipinski definition) is 2. The van der Waals surface area contributed by atoms with Crippen LogP contribution in [-0.2, 0) is 0 Å². The lowest BCUT2D eigenvalue weighted by atomic mass is 9.76. The highest BCUT2D eigenvalue weighted by Crippen LogP contribution is 2.50. The van der Waals surface area contributed by atoms with Crippen molar-refractivity contribution in [3.05, 3.63) is 35.1 Å². The minimum Gasteiger partial charge on any atom is -0.381 e. The summed E-state index contributed by atoms with van der Waals surface area (Å²) in [5.74, 6) is 1.89. The SMILES string of the molecule is C1=CC2=CC3=C(CC4CC5NC5[C@@H]4C3)NC2CC1. The van der Waals surface area contributed by atoms with Crippen molar-refractivity contribution in [3.8, 4) is 0 Å². The van der Waals surface area contributed by atoms with Crippen LogP contribution in [0.15, 0.2) is 35.1 Å². The highest BCUT2D eigenvalue weighted by molar-refractivity contribution is 5.44. The molecule has 0 spiro atoms. The topological polar surface area (TPSA) is 34.0 Å². The average Bonchev–Trinajstić information content (AvgIpc) is 3.08. The van der Waals surface area contributed by atoms with E-state index in [4.69, 9.17) is 0 Å². The van der Waals surface area contributed by atoms with E-state index in [0.717, 1.165) is 23.9 Å². The van der Waals surface area contributed by atoms with Gasteiger partial charge in [-0.25, -0.2) is 0 Å². The average molecular weight is 240 g/mol. The van der Waals surface area contributed by atoms with E-state index in [2.05, 4.69) is 28.9 Å². The Morgan fingerprint density at radius 1 is 1.22 bits per heavy atom. The minimum atomic E-state index is 0.611. The molecular formula is C16H20N2. The number of nitrogens with one attached hydrogen (secondary N) is 2. The van der Waals surface area contributed by atoms with E-state index in [1.807, 2.05) is 0 Å². The van der Waals surface area contributed by atoms with Crippen LogP contribution in [0.3, 0.4) is 0 Å². The van der Waals surface area contributed by atoms with Crippen molar-refractivity contribution in [2.45, 2.75) is 50.2 Å². The molecule has 5 atom stereocenters. The van der Waals surface area contributed by atoms with E-state index in [0.29, 0.717) is 6.04 Å². The molecule has 1 saturated heterocycles. The monoisotopic (exact) mass is 240 g/mol. The first-order valence-electron chi connectivity index (χ1n) is 7.51. The molecule has 1 saturated carbocycles. The van der Waals surface area contributed by atoms with Gasteiger partial charge in [0.1, 0.15) is 0 Å². The molecule has 2 aliphatic heterocycles. The standard InChI is InChI=1S/C16H20N2/c1-2-4-13-9(3-1)5-11-6-12-10(7-14(11)17-13)8-15-16(12)18-15/h1,3,5,10,12-13,15-18H,2,4,6-8H2/t10?,12-,13?,15?,16?/m1/s1. The zero-order valence-electron chi connectivity index (χ0n) is 10.7. The van der Waals surface area contributed by atoms with Gasteiger partial charge in [-0.1, -0.05) is 18.2 Å². The third-order valence-electron chi connectivity index (χ3n) is 5.69. The number of hydrogen-bond donors (Lipinski definition) is 2. The number of fused-ring (bicyclic) bond motifs is 4. The van der Waals surface area contributed by atoms with Gasteiger partial charge in [0.25, 0.3) is 0 Å². The van der Waals surface area contributed by atoms with Gasteiger partial charge in [0, 0.05) is 17.8 Å². The number of allylic oxidation sites excluding steroid dienone is 4. The van der Waals surface area contributed by atoms with Crippen molar-refractivity contribution in [2.24, 2.45) is 11.8 Å². The fourth-order valence-corrected chi connectivity index (χ4v) is 4.70. The fraction of sp³-hybridized carbons (Fsp3) is 0.625. The molecule has 0 radical (unpaired) electrons. The summed E-state index contributed by atoms with van der Waals surface area (Å²) in [5.41, 5.74) is 4.72. The van der Waals surface area contributed by atoms with E-state index < -0.39 is 0 Å². The molecule has 18 heavy (non-hydrogen) atoms. The van der Waals surface area contributed by atoms with E-state index in [-0.39, 0.29) is 0 Å². The Labute approximate surface area is 108 Å². The summed E-state index contributed by atoms with van der Waals surface area (Å²) in [4.78, 5) is 0. The van der Waals surface area contributed by atoms with Gasteiger partial charge in [0.05, 0.1) is 6.04 Å². The lowest BCUT2D eigenvalue weighted by Crippen LogP contribution is -2.38. The van der Waals surface area contributed by atoms with Crippen molar-refractivity contribution in [2.75, 3.05) is 0 Å². The Morgan fingerprint density at radius 3 is 3.22 bits per heavy atom. The zero-order chi connectivity index (χ0) is 11.7. The molecule has 2 fully saturated rings. The second-order valence-electron chi connectivity index (χ2n) is 6.69. The van der Waals surface area contributed by atoms with Crippen molar-refractivity contribution < 1.29 is 0 Å². The Balaban J connectivity index is 1.50. The lowest BCUT2D eigenvalue weighted by molar-refractivity contribution is 0.314. The van der Waals surface area contributed by atoms with Gasteiger partial charge in [0.15, 0.2) is 0 Å².